The van der Waals surface area contributed by atoms with Gasteiger partial charge in [0.05, 0.1) is 31.1 Å². The predicted molar refractivity (Wildman–Crippen MR) is 168 cm³/mol. The zero-order valence-corrected chi connectivity index (χ0v) is 29.0. The van der Waals surface area contributed by atoms with Gasteiger partial charge in [-0.05, 0) is 103 Å². The summed E-state index contributed by atoms with van der Waals surface area (Å²) >= 11 is 0. The average Bonchev–Trinajstić information content (AvgIpc) is 3.18. The molecule has 0 spiro atoms. The molecule has 2 heterocycles. The maximum absolute atomic E-state index is 13.7. The first-order valence-corrected chi connectivity index (χ1v) is 17.7. The van der Waals surface area contributed by atoms with Gasteiger partial charge in [0, 0.05) is 0 Å². The number of aryl methyl sites for hydroxylation is 1. The quantitative estimate of drug-likeness (QED) is 0.209. The standard InChI is InChI=1S/C32H48BNO10S/c1-29(2,3)41-27(35)25-22(39-21-17-34(18-21)45(10,37)38)12-11-19(26(25)40-28(36)42-30(4,5)6)13-14-33-43-24-16-20-15-23(31(20,7)8)32(24,9)44-33/h11-12,20-21,23-24H,13-18H2,1-10H3/t20-,23-,24+,32-/m0/s1. The zero-order valence-electron chi connectivity index (χ0n) is 28.2. The van der Waals surface area contributed by atoms with Crippen molar-refractivity contribution in [1.82, 2.24) is 4.31 Å². The minimum absolute atomic E-state index is 0.0267. The number of carbonyl (C=O) groups is 2. The van der Waals surface area contributed by atoms with E-state index in [2.05, 4.69) is 20.8 Å². The molecule has 6 rings (SSSR count). The molecule has 1 aromatic rings. The Morgan fingerprint density at radius 3 is 2.24 bits per heavy atom. The Morgan fingerprint density at radius 1 is 1.02 bits per heavy atom. The molecule has 5 fully saturated rings. The molecule has 2 bridgehead atoms. The van der Waals surface area contributed by atoms with Crippen molar-refractivity contribution in [3.05, 3.63) is 23.3 Å². The summed E-state index contributed by atoms with van der Waals surface area (Å²) in [7, 11) is -3.83. The molecule has 45 heavy (non-hydrogen) atoms. The lowest BCUT2D eigenvalue weighted by atomic mass is 9.43. The molecule has 2 aliphatic heterocycles. The van der Waals surface area contributed by atoms with E-state index in [-0.39, 0.29) is 47.3 Å². The van der Waals surface area contributed by atoms with Crippen LogP contribution in [0, 0.1) is 17.3 Å². The summed E-state index contributed by atoms with van der Waals surface area (Å²) < 4.78 is 61.2. The highest BCUT2D eigenvalue weighted by molar-refractivity contribution is 7.88. The van der Waals surface area contributed by atoms with E-state index in [1.807, 2.05) is 0 Å². The van der Waals surface area contributed by atoms with Crippen molar-refractivity contribution in [2.24, 2.45) is 17.3 Å². The van der Waals surface area contributed by atoms with Crippen LogP contribution in [-0.4, -0.2) is 80.3 Å². The first-order chi connectivity index (χ1) is 20.6. The molecule has 11 nitrogen and oxygen atoms in total. The molecular formula is C32H48BNO10S. The molecule has 0 unspecified atom stereocenters. The average molecular weight is 650 g/mol. The minimum Gasteiger partial charge on any atom is -0.487 e. The SMILES string of the molecule is CC(C)(C)OC(=O)Oc1c(CCB2O[C@@H]3C[C@@H]4C[C@@H](C4(C)C)[C@]3(C)O2)ccc(OC2CN(S(C)(=O)=O)C2)c1C(=O)OC(C)(C)C. The summed E-state index contributed by atoms with van der Waals surface area (Å²) in [6.45, 7) is 17.4. The number of hydrogen-bond acceptors (Lipinski definition) is 10. The Balaban J connectivity index is 1.43. The van der Waals surface area contributed by atoms with Crippen LogP contribution in [0.1, 0.15) is 91.1 Å². The summed E-state index contributed by atoms with van der Waals surface area (Å²) in [5.74, 6) is 0.399. The van der Waals surface area contributed by atoms with Gasteiger partial charge < -0.3 is 28.3 Å². The van der Waals surface area contributed by atoms with E-state index in [4.69, 9.17) is 28.3 Å². The third-order valence-corrected chi connectivity index (χ3v) is 10.8. The summed E-state index contributed by atoms with van der Waals surface area (Å²) in [5.41, 5.74) is -1.36. The fourth-order valence-corrected chi connectivity index (χ4v) is 8.04. The summed E-state index contributed by atoms with van der Waals surface area (Å²) in [6, 6.07) is 3.37. The van der Waals surface area contributed by atoms with Crippen LogP contribution in [0.4, 0.5) is 4.79 Å². The highest BCUT2D eigenvalue weighted by atomic mass is 32.2. The summed E-state index contributed by atoms with van der Waals surface area (Å²) in [4.78, 5) is 26.7. The maximum Gasteiger partial charge on any atom is 0.514 e. The van der Waals surface area contributed by atoms with Crippen molar-refractivity contribution in [3.8, 4) is 11.5 Å². The van der Waals surface area contributed by atoms with Crippen LogP contribution >= 0.6 is 0 Å². The Bertz CT molecular complexity index is 1440. The maximum atomic E-state index is 13.7. The van der Waals surface area contributed by atoms with E-state index in [1.54, 1.807) is 53.7 Å². The normalized spacial score (nSPS) is 28.0. The van der Waals surface area contributed by atoms with Crippen LogP contribution in [0.3, 0.4) is 0 Å². The lowest BCUT2D eigenvalue weighted by Crippen LogP contribution is -2.65. The van der Waals surface area contributed by atoms with E-state index < -0.39 is 46.6 Å². The van der Waals surface area contributed by atoms with Gasteiger partial charge in [0.2, 0.25) is 10.0 Å². The van der Waals surface area contributed by atoms with E-state index in [9.17, 15) is 18.0 Å². The van der Waals surface area contributed by atoms with E-state index in [0.29, 0.717) is 30.1 Å². The van der Waals surface area contributed by atoms with Crippen LogP contribution in [0.25, 0.3) is 0 Å². The number of ether oxygens (including phenoxy) is 4. The van der Waals surface area contributed by atoms with Crippen LogP contribution in [0.5, 0.6) is 11.5 Å². The second-order valence-corrected chi connectivity index (χ2v) is 17.7. The molecule has 0 radical (unpaired) electrons. The van der Waals surface area contributed by atoms with Crippen LogP contribution in [-0.2, 0) is 35.2 Å². The predicted octanol–water partition coefficient (Wildman–Crippen LogP) is 5.25. The molecular weight excluding hydrogens is 601 g/mol. The van der Waals surface area contributed by atoms with Gasteiger partial charge in [0.25, 0.3) is 0 Å². The number of sulfonamides is 1. The molecule has 0 N–H and O–H groups in total. The van der Waals surface area contributed by atoms with Crippen molar-refractivity contribution in [2.75, 3.05) is 19.3 Å². The van der Waals surface area contributed by atoms with Gasteiger partial charge in [-0.15, -0.1) is 0 Å². The first-order valence-electron chi connectivity index (χ1n) is 15.8. The third kappa shape index (κ3) is 7.01. The van der Waals surface area contributed by atoms with Crippen molar-refractivity contribution in [1.29, 1.82) is 0 Å². The smallest absolute Gasteiger partial charge is 0.487 e. The lowest BCUT2D eigenvalue weighted by Gasteiger charge is -2.64. The van der Waals surface area contributed by atoms with Crippen LogP contribution in [0.15, 0.2) is 12.1 Å². The molecule has 3 saturated carbocycles. The Morgan fingerprint density at radius 2 is 1.67 bits per heavy atom. The van der Waals surface area contributed by atoms with Crippen molar-refractivity contribution >= 4 is 29.3 Å². The van der Waals surface area contributed by atoms with Crippen molar-refractivity contribution in [3.63, 3.8) is 0 Å². The third-order valence-electron chi connectivity index (χ3n) is 9.61. The molecule has 1 aromatic carbocycles. The van der Waals surface area contributed by atoms with Crippen molar-refractivity contribution < 1.29 is 46.3 Å². The Kier molecular flexibility index (Phi) is 8.63. The number of hydrogen-bond donors (Lipinski definition) is 0. The first kappa shape index (κ1) is 34.0. The Hall–Kier alpha value is -2.35. The fourth-order valence-electron chi connectivity index (χ4n) is 7.17. The fraction of sp³-hybridized carbons (Fsp3) is 0.750. The largest absolute Gasteiger partial charge is 0.514 e. The molecule has 2 saturated heterocycles. The number of carbonyl (C=O) groups excluding carboxylic acids is 2. The minimum atomic E-state index is -3.37. The monoisotopic (exact) mass is 649 g/mol. The van der Waals surface area contributed by atoms with Gasteiger partial charge in [0.1, 0.15) is 28.6 Å². The van der Waals surface area contributed by atoms with Gasteiger partial charge in [-0.2, -0.15) is 4.31 Å². The zero-order chi connectivity index (χ0) is 33.3. The highest BCUT2D eigenvalue weighted by Gasteiger charge is 2.67. The second-order valence-electron chi connectivity index (χ2n) is 15.8. The second kappa shape index (κ2) is 11.4. The number of esters is 1. The van der Waals surface area contributed by atoms with E-state index >= 15 is 0 Å². The van der Waals surface area contributed by atoms with Crippen molar-refractivity contribution in [2.45, 2.75) is 117 Å². The summed E-state index contributed by atoms with van der Waals surface area (Å²) in [5, 5.41) is 0. The molecule has 5 aliphatic rings. The van der Waals surface area contributed by atoms with E-state index in [1.165, 1.54) is 4.31 Å². The number of rotatable bonds is 8. The molecule has 250 valence electrons. The molecule has 4 atom stereocenters. The Labute approximate surface area is 267 Å². The highest BCUT2D eigenvalue weighted by Crippen LogP contribution is 2.65. The number of nitrogens with zero attached hydrogens (tertiary/aromatic N) is 1. The van der Waals surface area contributed by atoms with Gasteiger partial charge in [-0.25, -0.2) is 18.0 Å². The van der Waals surface area contributed by atoms with Crippen LogP contribution < -0.4 is 9.47 Å². The topological polar surface area (TPSA) is 127 Å². The van der Waals surface area contributed by atoms with Gasteiger partial charge in [-0.1, -0.05) is 19.9 Å². The van der Waals surface area contributed by atoms with Gasteiger partial charge in [0.15, 0.2) is 5.75 Å². The number of benzene rings is 1. The molecule has 0 amide bonds. The van der Waals surface area contributed by atoms with Crippen LogP contribution in [0.2, 0.25) is 6.32 Å². The lowest BCUT2D eigenvalue weighted by molar-refractivity contribution is -0.199. The molecule has 0 aromatic heterocycles. The van der Waals surface area contributed by atoms with E-state index in [0.717, 1.165) is 19.1 Å². The molecule has 13 heteroatoms. The van der Waals surface area contributed by atoms with Gasteiger partial charge in [-0.3, -0.25) is 0 Å². The summed E-state index contributed by atoms with van der Waals surface area (Å²) in [6.07, 6.45) is 2.63. The van der Waals surface area contributed by atoms with Gasteiger partial charge >= 0.3 is 19.2 Å². The molecule has 3 aliphatic carbocycles.